The highest BCUT2D eigenvalue weighted by Crippen LogP contribution is 2.39. The van der Waals surface area contributed by atoms with E-state index in [9.17, 15) is 10.1 Å². The summed E-state index contributed by atoms with van der Waals surface area (Å²) in [5.74, 6) is 2.44. The SMILES string of the molecule is COc1ccc(-c2nnc(SCCC(=O)Nc3sc4c(c3C#N)CCC(C)C4)nc2-c2ccc(OC)cc2)cc1. The number of thioether (sulfide) groups is 1. The summed E-state index contributed by atoms with van der Waals surface area (Å²) in [4.78, 5) is 18.8. The van der Waals surface area contributed by atoms with Crippen LogP contribution in [0.5, 0.6) is 11.5 Å². The highest BCUT2D eigenvalue weighted by Gasteiger charge is 2.24. The second kappa shape index (κ2) is 12.5. The number of carbonyl (C=O) groups is 1. The Labute approximate surface area is 241 Å². The Hall–Kier alpha value is -3.94. The minimum absolute atomic E-state index is 0.131. The maximum atomic E-state index is 12.8. The zero-order chi connectivity index (χ0) is 28.1. The molecule has 0 saturated heterocycles. The quantitative estimate of drug-likeness (QED) is 0.230. The molecule has 40 heavy (non-hydrogen) atoms. The molecule has 1 aliphatic carbocycles. The Kier molecular flexibility index (Phi) is 8.63. The van der Waals surface area contributed by atoms with Gasteiger partial charge in [-0.25, -0.2) is 4.98 Å². The largest absolute Gasteiger partial charge is 0.497 e. The number of carbonyl (C=O) groups excluding carboxylic acids is 1. The molecule has 0 saturated carbocycles. The third kappa shape index (κ3) is 6.11. The summed E-state index contributed by atoms with van der Waals surface area (Å²) in [7, 11) is 3.26. The van der Waals surface area contributed by atoms with Crippen molar-refractivity contribution in [3.63, 3.8) is 0 Å². The fourth-order valence-electron chi connectivity index (χ4n) is 4.65. The standard InChI is InChI=1S/C30H29N5O3S2/c1-18-4-13-23-24(17-31)29(40-25(23)16-18)32-26(36)14-15-39-30-33-27(19-5-9-21(37-2)10-6-19)28(34-35-30)20-7-11-22(38-3)12-8-20/h5-12,18H,4,13-16H2,1-3H3,(H,32,36). The van der Waals surface area contributed by atoms with E-state index in [0.717, 1.165) is 47.5 Å². The van der Waals surface area contributed by atoms with Crippen molar-refractivity contribution >= 4 is 34.0 Å². The van der Waals surface area contributed by atoms with Crippen LogP contribution in [0.2, 0.25) is 0 Å². The lowest BCUT2D eigenvalue weighted by Crippen LogP contribution is -2.12. The molecule has 1 atom stereocenters. The predicted octanol–water partition coefficient (Wildman–Crippen LogP) is 6.40. The molecule has 5 rings (SSSR count). The molecule has 4 aromatic rings. The van der Waals surface area contributed by atoms with E-state index in [2.05, 4.69) is 28.5 Å². The van der Waals surface area contributed by atoms with Crippen LogP contribution in [0.1, 0.15) is 35.8 Å². The first-order valence-electron chi connectivity index (χ1n) is 13.0. The molecule has 0 radical (unpaired) electrons. The van der Waals surface area contributed by atoms with Crippen LogP contribution in [0.4, 0.5) is 5.00 Å². The summed E-state index contributed by atoms with van der Waals surface area (Å²) < 4.78 is 10.6. The average Bonchev–Trinajstić information content (AvgIpc) is 3.32. The highest BCUT2D eigenvalue weighted by atomic mass is 32.2. The second-order valence-electron chi connectivity index (χ2n) is 9.56. The van der Waals surface area contributed by atoms with Crippen molar-refractivity contribution in [2.24, 2.45) is 5.92 Å². The fourth-order valence-corrected chi connectivity index (χ4v) is 6.75. The van der Waals surface area contributed by atoms with Crippen molar-refractivity contribution in [1.29, 1.82) is 5.26 Å². The van der Waals surface area contributed by atoms with Crippen molar-refractivity contribution in [3.8, 4) is 40.1 Å². The molecule has 0 fully saturated rings. The number of thiophene rings is 1. The molecule has 0 spiro atoms. The maximum Gasteiger partial charge on any atom is 0.225 e. The number of methoxy groups -OCH3 is 2. The molecular formula is C30H29N5O3S2. The van der Waals surface area contributed by atoms with Gasteiger partial charge in [-0.15, -0.1) is 21.5 Å². The first-order valence-corrected chi connectivity index (χ1v) is 14.8. The normalized spacial score (nSPS) is 14.2. The monoisotopic (exact) mass is 571 g/mol. The molecule has 1 amide bonds. The van der Waals surface area contributed by atoms with Gasteiger partial charge in [-0.3, -0.25) is 4.79 Å². The summed E-state index contributed by atoms with van der Waals surface area (Å²) in [5.41, 5.74) is 4.81. The number of rotatable bonds is 9. The van der Waals surface area contributed by atoms with Gasteiger partial charge >= 0.3 is 0 Å². The van der Waals surface area contributed by atoms with Crippen LogP contribution in [0.3, 0.4) is 0 Å². The van der Waals surface area contributed by atoms with Crippen LogP contribution in [-0.4, -0.2) is 41.1 Å². The van der Waals surface area contributed by atoms with Crippen LogP contribution in [-0.2, 0) is 17.6 Å². The van der Waals surface area contributed by atoms with E-state index in [0.29, 0.717) is 38.8 Å². The topological polar surface area (TPSA) is 110 Å². The molecule has 1 aliphatic rings. The van der Waals surface area contributed by atoms with Crippen molar-refractivity contribution < 1.29 is 14.3 Å². The van der Waals surface area contributed by atoms with Crippen LogP contribution >= 0.6 is 23.1 Å². The van der Waals surface area contributed by atoms with Gasteiger partial charge < -0.3 is 14.8 Å². The number of hydrogen-bond donors (Lipinski definition) is 1. The zero-order valence-electron chi connectivity index (χ0n) is 22.6. The summed E-state index contributed by atoms with van der Waals surface area (Å²) in [5, 5.41) is 22.7. The Bertz CT molecular complexity index is 1550. The smallest absolute Gasteiger partial charge is 0.225 e. The van der Waals surface area contributed by atoms with Crippen molar-refractivity contribution in [2.75, 3.05) is 25.3 Å². The summed E-state index contributed by atoms with van der Waals surface area (Å²) in [6, 6.07) is 17.5. The second-order valence-corrected chi connectivity index (χ2v) is 11.7. The number of hydrogen-bond acceptors (Lipinski definition) is 9. The van der Waals surface area contributed by atoms with Gasteiger partial charge in [0, 0.05) is 28.2 Å². The molecule has 2 aromatic heterocycles. The van der Waals surface area contributed by atoms with Gasteiger partial charge in [0.1, 0.15) is 34.0 Å². The maximum absolute atomic E-state index is 12.8. The highest BCUT2D eigenvalue weighted by molar-refractivity contribution is 7.99. The number of anilines is 1. The van der Waals surface area contributed by atoms with Gasteiger partial charge in [-0.2, -0.15) is 5.26 Å². The lowest BCUT2D eigenvalue weighted by molar-refractivity contribution is -0.115. The van der Waals surface area contributed by atoms with E-state index in [1.807, 2.05) is 48.5 Å². The molecule has 2 aromatic carbocycles. The molecule has 10 heteroatoms. The third-order valence-corrected chi connectivity index (χ3v) is 8.84. The summed E-state index contributed by atoms with van der Waals surface area (Å²) in [6.45, 7) is 2.23. The van der Waals surface area contributed by atoms with E-state index in [1.54, 1.807) is 14.2 Å². The van der Waals surface area contributed by atoms with E-state index >= 15 is 0 Å². The summed E-state index contributed by atoms with van der Waals surface area (Å²) >= 11 is 2.91. The first kappa shape index (κ1) is 27.6. The number of ether oxygens (including phenoxy) is 2. The Morgan fingerprint density at radius 1 is 1.05 bits per heavy atom. The van der Waals surface area contributed by atoms with E-state index in [4.69, 9.17) is 14.5 Å². The van der Waals surface area contributed by atoms with Crippen molar-refractivity contribution in [2.45, 2.75) is 37.8 Å². The van der Waals surface area contributed by atoms with Gasteiger partial charge in [0.2, 0.25) is 11.1 Å². The lowest BCUT2D eigenvalue weighted by atomic mass is 9.89. The first-order chi connectivity index (χ1) is 19.5. The Balaban J connectivity index is 1.30. The van der Waals surface area contributed by atoms with Crippen LogP contribution < -0.4 is 14.8 Å². The van der Waals surface area contributed by atoms with E-state index in [-0.39, 0.29) is 12.3 Å². The number of benzene rings is 2. The molecule has 0 aliphatic heterocycles. The minimum Gasteiger partial charge on any atom is -0.497 e. The van der Waals surface area contributed by atoms with Crippen LogP contribution in [0, 0.1) is 17.2 Å². The molecule has 0 bridgehead atoms. The number of nitriles is 1. The number of aromatic nitrogens is 3. The Morgan fingerprint density at radius 3 is 2.33 bits per heavy atom. The van der Waals surface area contributed by atoms with E-state index < -0.39 is 0 Å². The predicted molar refractivity (Wildman–Crippen MR) is 158 cm³/mol. The molecule has 2 heterocycles. The lowest BCUT2D eigenvalue weighted by Gasteiger charge is -2.17. The van der Waals surface area contributed by atoms with Gasteiger partial charge in [-0.05, 0) is 79.3 Å². The van der Waals surface area contributed by atoms with Gasteiger partial charge in [0.15, 0.2) is 0 Å². The fraction of sp³-hybridized carbons (Fsp3) is 0.300. The van der Waals surface area contributed by atoms with Crippen LogP contribution in [0.25, 0.3) is 22.5 Å². The van der Waals surface area contributed by atoms with Gasteiger partial charge in [0.05, 0.1) is 19.8 Å². The van der Waals surface area contributed by atoms with E-state index in [1.165, 1.54) is 28.0 Å². The molecule has 1 unspecified atom stereocenters. The summed E-state index contributed by atoms with van der Waals surface area (Å²) in [6.07, 6.45) is 3.20. The van der Waals surface area contributed by atoms with Crippen molar-refractivity contribution in [1.82, 2.24) is 15.2 Å². The van der Waals surface area contributed by atoms with Gasteiger partial charge in [0.25, 0.3) is 0 Å². The number of nitrogens with zero attached hydrogens (tertiary/aromatic N) is 4. The van der Waals surface area contributed by atoms with Gasteiger partial charge in [-0.1, -0.05) is 18.7 Å². The number of nitrogens with one attached hydrogen (secondary N) is 1. The van der Waals surface area contributed by atoms with Crippen molar-refractivity contribution in [3.05, 3.63) is 64.5 Å². The zero-order valence-corrected chi connectivity index (χ0v) is 24.2. The minimum atomic E-state index is -0.131. The molecule has 204 valence electrons. The Morgan fingerprint density at radius 2 is 1.70 bits per heavy atom. The molecule has 8 nitrogen and oxygen atoms in total. The van der Waals surface area contributed by atoms with Crippen LogP contribution in [0.15, 0.2) is 53.7 Å². The average molecular weight is 572 g/mol. The number of fused-ring (bicyclic) bond motifs is 1. The third-order valence-electron chi connectivity index (χ3n) is 6.83. The molecule has 1 N–H and O–H groups in total. The molecular weight excluding hydrogens is 542 g/mol. The number of amides is 1.